The van der Waals surface area contributed by atoms with Crippen LogP contribution in [0, 0.1) is 5.82 Å². The van der Waals surface area contributed by atoms with Crippen LogP contribution in [0.1, 0.15) is 26.5 Å². The van der Waals surface area contributed by atoms with Crippen LogP contribution in [0.3, 0.4) is 0 Å². The van der Waals surface area contributed by atoms with Crippen molar-refractivity contribution in [1.29, 1.82) is 0 Å². The van der Waals surface area contributed by atoms with Crippen molar-refractivity contribution in [1.82, 2.24) is 9.97 Å². The molecule has 122 valence electrons. The van der Waals surface area contributed by atoms with E-state index in [1.165, 1.54) is 30.3 Å². The van der Waals surface area contributed by atoms with Gasteiger partial charge in [-0.25, -0.2) is 14.2 Å². The first kappa shape index (κ1) is 15.0. The van der Waals surface area contributed by atoms with E-state index in [4.69, 9.17) is 0 Å². The predicted molar refractivity (Wildman–Crippen MR) is 90.4 cm³/mol. The molecule has 4 rings (SSSR count). The van der Waals surface area contributed by atoms with E-state index in [1.54, 1.807) is 0 Å². The Balaban J connectivity index is 2.02. The number of ketones is 1. The van der Waals surface area contributed by atoms with Gasteiger partial charge in [-0.2, -0.15) is 0 Å². The second-order valence-corrected chi connectivity index (χ2v) is 5.59. The minimum Gasteiger partial charge on any atom is -0.477 e. The Kier molecular flexibility index (Phi) is 3.32. The van der Waals surface area contributed by atoms with Crippen LogP contribution in [0.25, 0.3) is 21.8 Å². The lowest BCUT2D eigenvalue weighted by molar-refractivity contribution is 0.0690. The van der Waals surface area contributed by atoms with Crippen LogP contribution in [-0.2, 0) is 0 Å². The minimum absolute atomic E-state index is 0.00212. The summed E-state index contributed by atoms with van der Waals surface area (Å²) in [6, 6.07) is 13.8. The number of aromatic nitrogens is 2. The fourth-order valence-electron chi connectivity index (χ4n) is 2.86. The number of carboxylic acid groups (broad SMARTS) is 1. The molecule has 0 spiro atoms. The van der Waals surface area contributed by atoms with Gasteiger partial charge < -0.3 is 10.1 Å². The van der Waals surface area contributed by atoms with Crippen LogP contribution in [0.4, 0.5) is 4.39 Å². The van der Waals surface area contributed by atoms with Gasteiger partial charge in [-0.3, -0.25) is 4.79 Å². The lowest BCUT2D eigenvalue weighted by Crippen LogP contribution is -2.10. The average molecular weight is 334 g/mol. The molecule has 2 N–H and O–H groups in total. The number of nitrogens with zero attached hydrogens (tertiary/aromatic N) is 1. The SMILES string of the molecule is O=C(O)c1cc2c([nH]c3ccccc32)c(C(=O)c2ccc(F)cc2)n1. The van der Waals surface area contributed by atoms with E-state index in [-0.39, 0.29) is 17.0 Å². The molecular formula is C19H11FN2O3. The topological polar surface area (TPSA) is 83.0 Å². The quantitative estimate of drug-likeness (QED) is 0.559. The first-order chi connectivity index (χ1) is 12.0. The van der Waals surface area contributed by atoms with Crippen molar-refractivity contribution in [2.24, 2.45) is 0 Å². The average Bonchev–Trinajstić information content (AvgIpc) is 2.99. The predicted octanol–water partition coefficient (Wildman–Crippen LogP) is 3.78. The third-order valence-electron chi connectivity index (χ3n) is 4.04. The van der Waals surface area contributed by atoms with Crippen LogP contribution >= 0.6 is 0 Å². The van der Waals surface area contributed by atoms with Gasteiger partial charge in [-0.05, 0) is 36.4 Å². The van der Waals surface area contributed by atoms with Gasteiger partial charge in [0.1, 0.15) is 17.2 Å². The summed E-state index contributed by atoms with van der Waals surface area (Å²) in [5.41, 5.74) is 1.24. The summed E-state index contributed by atoms with van der Waals surface area (Å²) in [4.78, 5) is 31.4. The number of para-hydroxylation sites is 1. The molecule has 0 aliphatic rings. The summed E-state index contributed by atoms with van der Waals surface area (Å²) < 4.78 is 13.1. The smallest absolute Gasteiger partial charge is 0.354 e. The number of hydrogen-bond acceptors (Lipinski definition) is 3. The Bertz CT molecular complexity index is 1150. The van der Waals surface area contributed by atoms with Gasteiger partial charge in [0.15, 0.2) is 0 Å². The molecule has 0 unspecified atom stereocenters. The van der Waals surface area contributed by atoms with Crippen molar-refractivity contribution in [2.75, 3.05) is 0 Å². The minimum atomic E-state index is -1.22. The number of carbonyl (C=O) groups excluding carboxylic acids is 1. The fourth-order valence-corrected chi connectivity index (χ4v) is 2.86. The second-order valence-electron chi connectivity index (χ2n) is 5.59. The molecule has 0 aliphatic carbocycles. The summed E-state index contributed by atoms with van der Waals surface area (Å²) in [7, 11) is 0. The molecule has 5 nitrogen and oxygen atoms in total. The molecule has 25 heavy (non-hydrogen) atoms. The van der Waals surface area contributed by atoms with E-state index in [0.29, 0.717) is 10.9 Å². The van der Waals surface area contributed by atoms with E-state index in [2.05, 4.69) is 9.97 Å². The number of benzene rings is 2. The number of nitrogens with one attached hydrogen (secondary N) is 1. The largest absolute Gasteiger partial charge is 0.477 e. The van der Waals surface area contributed by atoms with Gasteiger partial charge in [-0.1, -0.05) is 18.2 Å². The number of fused-ring (bicyclic) bond motifs is 3. The summed E-state index contributed by atoms with van der Waals surface area (Å²) in [5.74, 6) is -2.15. The first-order valence-corrected chi connectivity index (χ1v) is 7.49. The number of carboxylic acids is 1. The van der Waals surface area contributed by atoms with Gasteiger partial charge in [0.05, 0.1) is 5.52 Å². The zero-order chi connectivity index (χ0) is 17.6. The van der Waals surface area contributed by atoms with Gasteiger partial charge in [0, 0.05) is 21.9 Å². The van der Waals surface area contributed by atoms with Crippen LogP contribution in [0.5, 0.6) is 0 Å². The highest BCUT2D eigenvalue weighted by Crippen LogP contribution is 2.28. The van der Waals surface area contributed by atoms with Crippen LogP contribution < -0.4 is 0 Å². The van der Waals surface area contributed by atoms with Gasteiger partial charge in [0.25, 0.3) is 0 Å². The molecule has 0 radical (unpaired) electrons. The molecule has 0 amide bonds. The number of halogens is 1. The van der Waals surface area contributed by atoms with Crippen molar-refractivity contribution in [3.8, 4) is 0 Å². The van der Waals surface area contributed by atoms with E-state index < -0.39 is 17.6 Å². The lowest BCUT2D eigenvalue weighted by atomic mass is 10.0. The molecule has 2 aromatic heterocycles. The molecule has 4 aromatic rings. The highest BCUT2D eigenvalue weighted by Gasteiger charge is 2.21. The van der Waals surface area contributed by atoms with Crippen LogP contribution in [0.15, 0.2) is 54.6 Å². The molecular weight excluding hydrogens is 323 g/mol. The first-order valence-electron chi connectivity index (χ1n) is 7.49. The standard InChI is InChI=1S/C19H11FN2O3/c20-11-7-5-10(6-8-11)18(23)17-16-13(9-15(22-17)19(24)25)12-3-1-2-4-14(12)21-16/h1-9,21H,(H,24,25). The van der Waals surface area contributed by atoms with Crippen molar-refractivity contribution < 1.29 is 19.1 Å². The molecule has 0 saturated carbocycles. The molecule has 0 saturated heterocycles. The van der Waals surface area contributed by atoms with Crippen molar-refractivity contribution in [2.45, 2.75) is 0 Å². The van der Waals surface area contributed by atoms with E-state index in [9.17, 15) is 19.1 Å². The highest BCUT2D eigenvalue weighted by atomic mass is 19.1. The number of pyridine rings is 1. The fraction of sp³-hybridized carbons (Fsp3) is 0. The zero-order valence-corrected chi connectivity index (χ0v) is 12.8. The Morgan fingerprint density at radius 2 is 1.72 bits per heavy atom. The van der Waals surface area contributed by atoms with Crippen LogP contribution in [0.2, 0.25) is 0 Å². The number of H-pyrrole nitrogens is 1. The summed E-state index contributed by atoms with van der Waals surface area (Å²) in [6.45, 7) is 0. The maximum absolute atomic E-state index is 13.1. The monoisotopic (exact) mass is 334 g/mol. The van der Waals surface area contributed by atoms with Gasteiger partial charge in [0.2, 0.25) is 5.78 Å². The Hall–Kier alpha value is -3.54. The van der Waals surface area contributed by atoms with E-state index in [0.717, 1.165) is 10.9 Å². The number of aromatic carboxylic acids is 1. The second kappa shape index (κ2) is 5.52. The Morgan fingerprint density at radius 1 is 1.00 bits per heavy atom. The number of hydrogen-bond donors (Lipinski definition) is 2. The van der Waals surface area contributed by atoms with Crippen molar-refractivity contribution >= 4 is 33.6 Å². The van der Waals surface area contributed by atoms with Gasteiger partial charge >= 0.3 is 5.97 Å². The van der Waals surface area contributed by atoms with E-state index in [1.807, 2.05) is 24.3 Å². The molecule has 0 bridgehead atoms. The zero-order valence-electron chi connectivity index (χ0n) is 12.8. The Labute approximate surface area is 140 Å². The maximum Gasteiger partial charge on any atom is 0.354 e. The molecule has 0 atom stereocenters. The number of aromatic amines is 1. The third-order valence-corrected chi connectivity index (χ3v) is 4.04. The molecule has 2 heterocycles. The number of carbonyl (C=O) groups is 2. The van der Waals surface area contributed by atoms with Crippen molar-refractivity contribution in [3.63, 3.8) is 0 Å². The molecule has 6 heteroatoms. The summed E-state index contributed by atoms with van der Waals surface area (Å²) in [6.07, 6.45) is 0. The highest BCUT2D eigenvalue weighted by molar-refractivity contribution is 6.19. The maximum atomic E-state index is 13.1. The summed E-state index contributed by atoms with van der Waals surface area (Å²) >= 11 is 0. The van der Waals surface area contributed by atoms with Gasteiger partial charge in [-0.15, -0.1) is 0 Å². The Morgan fingerprint density at radius 3 is 2.44 bits per heavy atom. The number of rotatable bonds is 3. The van der Waals surface area contributed by atoms with Crippen LogP contribution in [-0.4, -0.2) is 26.8 Å². The summed E-state index contributed by atoms with van der Waals surface area (Å²) in [5, 5.41) is 10.7. The molecule has 2 aromatic carbocycles. The normalized spacial score (nSPS) is 11.1. The third kappa shape index (κ3) is 2.44. The van der Waals surface area contributed by atoms with Crippen molar-refractivity contribution in [3.05, 3.63) is 77.4 Å². The molecule has 0 aliphatic heterocycles. The molecule has 0 fully saturated rings. The lowest BCUT2D eigenvalue weighted by Gasteiger charge is -2.04. The van der Waals surface area contributed by atoms with E-state index >= 15 is 0 Å².